The lowest BCUT2D eigenvalue weighted by molar-refractivity contribution is -0.137. The molecular weight excluding hydrogens is 447 g/mol. The summed E-state index contributed by atoms with van der Waals surface area (Å²) >= 11 is 0. The highest BCUT2D eigenvalue weighted by Crippen LogP contribution is 2.22. The van der Waals surface area contributed by atoms with Gasteiger partial charge in [0.25, 0.3) is 11.8 Å². The van der Waals surface area contributed by atoms with Gasteiger partial charge in [0.15, 0.2) is 0 Å². The Hall–Kier alpha value is -4.59. The number of aryl methyl sites for hydroxylation is 1. The van der Waals surface area contributed by atoms with Gasteiger partial charge >= 0.3 is 0 Å². The Morgan fingerprint density at radius 3 is 2.14 bits per heavy atom. The molecule has 4 aromatic rings. The number of nitrogens with two attached hydrogens (primary N) is 1. The molecule has 0 aliphatic heterocycles. The number of primary amides is 1. The van der Waals surface area contributed by atoms with Crippen LogP contribution in [0.15, 0.2) is 84.9 Å². The van der Waals surface area contributed by atoms with Gasteiger partial charge in [0.2, 0.25) is 5.78 Å². The SMILES string of the molecule is Cc1cc(C(=O)N[C@@H](Cc2ccccc2)C(=O)C(N)=O)n(-c2ccc(-c3ccc(F)cc3)cc2)n1. The lowest BCUT2D eigenvalue weighted by Crippen LogP contribution is -2.47. The molecule has 1 heterocycles. The summed E-state index contributed by atoms with van der Waals surface area (Å²) in [5.74, 6) is -2.88. The number of nitrogens with one attached hydrogen (secondary N) is 1. The number of Topliss-reactive ketones (excluding diaryl/α,β-unsaturated/α-hetero) is 1. The van der Waals surface area contributed by atoms with Gasteiger partial charge in [-0.15, -0.1) is 0 Å². The van der Waals surface area contributed by atoms with Gasteiger partial charge in [0.05, 0.1) is 11.4 Å². The Kier molecular flexibility index (Phi) is 6.82. The summed E-state index contributed by atoms with van der Waals surface area (Å²) in [6.07, 6.45) is 0.119. The van der Waals surface area contributed by atoms with Crippen molar-refractivity contribution in [3.05, 3.63) is 108 Å². The maximum Gasteiger partial charge on any atom is 0.287 e. The minimum Gasteiger partial charge on any atom is -0.363 e. The molecule has 35 heavy (non-hydrogen) atoms. The van der Waals surface area contributed by atoms with E-state index < -0.39 is 23.6 Å². The number of hydrogen-bond acceptors (Lipinski definition) is 4. The molecule has 0 aliphatic carbocycles. The van der Waals surface area contributed by atoms with Crippen molar-refractivity contribution in [1.29, 1.82) is 0 Å². The first-order valence-electron chi connectivity index (χ1n) is 10.9. The predicted octanol–water partition coefficient (Wildman–Crippen LogP) is 3.38. The van der Waals surface area contributed by atoms with Gasteiger partial charge in [-0.3, -0.25) is 14.4 Å². The zero-order chi connectivity index (χ0) is 24.9. The van der Waals surface area contributed by atoms with E-state index in [2.05, 4.69) is 10.4 Å². The lowest BCUT2D eigenvalue weighted by atomic mass is 10.0. The van der Waals surface area contributed by atoms with E-state index in [0.29, 0.717) is 11.4 Å². The number of benzene rings is 3. The fraction of sp³-hybridized carbons (Fsp3) is 0.111. The molecular formula is C27H23FN4O3. The van der Waals surface area contributed by atoms with Crippen LogP contribution in [0.1, 0.15) is 21.7 Å². The van der Waals surface area contributed by atoms with E-state index in [-0.39, 0.29) is 17.9 Å². The fourth-order valence-electron chi connectivity index (χ4n) is 3.76. The van der Waals surface area contributed by atoms with Crippen LogP contribution >= 0.6 is 0 Å². The fourth-order valence-corrected chi connectivity index (χ4v) is 3.76. The van der Waals surface area contributed by atoms with Gasteiger partial charge in [-0.05, 0) is 53.9 Å². The topological polar surface area (TPSA) is 107 Å². The number of carbonyl (C=O) groups is 3. The molecule has 4 rings (SSSR count). The van der Waals surface area contributed by atoms with Crippen molar-refractivity contribution in [2.24, 2.45) is 5.73 Å². The second-order valence-corrected chi connectivity index (χ2v) is 8.08. The molecule has 176 valence electrons. The largest absolute Gasteiger partial charge is 0.363 e. The maximum atomic E-state index is 13.2. The van der Waals surface area contributed by atoms with Crippen LogP contribution in [0.5, 0.6) is 0 Å². The molecule has 1 aromatic heterocycles. The van der Waals surface area contributed by atoms with Crippen LogP contribution in [-0.4, -0.2) is 33.4 Å². The maximum absolute atomic E-state index is 13.2. The minimum absolute atomic E-state index is 0.119. The summed E-state index contributed by atoms with van der Waals surface area (Å²) in [5.41, 5.74) is 9.13. The number of aromatic nitrogens is 2. The molecule has 0 saturated heterocycles. The third-order valence-corrected chi connectivity index (χ3v) is 5.50. The molecule has 0 spiro atoms. The molecule has 2 amide bonds. The molecule has 1 atom stereocenters. The van der Waals surface area contributed by atoms with Gasteiger partial charge in [0, 0.05) is 6.42 Å². The van der Waals surface area contributed by atoms with Crippen LogP contribution in [0.3, 0.4) is 0 Å². The predicted molar refractivity (Wildman–Crippen MR) is 129 cm³/mol. The van der Waals surface area contributed by atoms with Crippen LogP contribution in [0.25, 0.3) is 16.8 Å². The highest BCUT2D eigenvalue weighted by atomic mass is 19.1. The molecule has 3 aromatic carbocycles. The summed E-state index contributed by atoms with van der Waals surface area (Å²) in [5, 5.41) is 7.06. The molecule has 0 aliphatic rings. The van der Waals surface area contributed by atoms with Gasteiger partial charge in [-0.2, -0.15) is 5.10 Å². The van der Waals surface area contributed by atoms with E-state index in [0.717, 1.165) is 16.7 Å². The van der Waals surface area contributed by atoms with Crippen molar-refractivity contribution in [1.82, 2.24) is 15.1 Å². The third kappa shape index (κ3) is 5.50. The van der Waals surface area contributed by atoms with Crippen LogP contribution in [0, 0.1) is 12.7 Å². The Bertz CT molecular complexity index is 1360. The molecule has 0 saturated carbocycles. The van der Waals surface area contributed by atoms with E-state index in [1.165, 1.54) is 16.8 Å². The Labute approximate surface area is 201 Å². The summed E-state index contributed by atoms with van der Waals surface area (Å²) < 4.78 is 14.7. The number of ketones is 1. The van der Waals surface area contributed by atoms with Crippen LogP contribution in [0.2, 0.25) is 0 Å². The highest BCUT2D eigenvalue weighted by molar-refractivity contribution is 6.38. The van der Waals surface area contributed by atoms with Crippen molar-refractivity contribution in [2.45, 2.75) is 19.4 Å². The molecule has 0 unspecified atom stereocenters. The normalized spacial score (nSPS) is 11.6. The average molecular weight is 471 g/mol. The van der Waals surface area contributed by atoms with Crippen LogP contribution in [0.4, 0.5) is 4.39 Å². The number of amides is 2. The summed E-state index contributed by atoms with van der Waals surface area (Å²) in [6.45, 7) is 1.75. The Balaban J connectivity index is 1.59. The first kappa shape index (κ1) is 23.6. The van der Waals surface area contributed by atoms with Gasteiger partial charge < -0.3 is 11.1 Å². The molecule has 3 N–H and O–H groups in total. The Morgan fingerprint density at radius 1 is 0.943 bits per heavy atom. The first-order valence-corrected chi connectivity index (χ1v) is 10.9. The Morgan fingerprint density at radius 2 is 1.54 bits per heavy atom. The second kappa shape index (κ2) is 10.1. The van der Waals surface area contributed by atoms with Crippen molar-refractivity contribution in [2.75, 3.05) is 0 Å². The molecule has 7 nitrogen and oxygen atoms in total. The van der Waals surface area contributed by atoms with Crippen molar-refractivity contribution in [3.63, 3.8) is 0 Å². The number of halogens is 1. The zero-order valence-corrected chi connectivity index (χ0v) is 18.9. The standard InChI is InChI=1S/C27H23FN4O3/c1-17-15-24(27(35)30-23(25(33)26(29)34)16-18-5-3-2-4-6-18)32(31-17)22-13-9-20(10-14-22)19-7-11-21(28)12-8-19/h2-15,23H,16H2,1H3,(H2,29,34)(H,30,35)/t23-/m0/s1. The monoisotopic (exact) mass is 470 g/mol. The van der Waals surface area contributed by atoms with E-state index in [1.807, 2.05) is 18.2 Å². The van der Waals surface area contributed by atoms with Gasteiger partial charge in [-0.25, -0.2) is 9.07 Å². The van der Waals surface area contributed by atoms with E-state index >= 15 is 0 Å². The van der Waals surface area contributed by atoms with E-state index in [4.69, 9.17) is 5.73 Å². The van der Waals surface area contributed by atoms with E-state index in [9.17, 15) is 18.8 Å². The average Bonchev–Trinajstić information content (AvgIpc) is 3.26. The summed E-state index contributed by atoms with van der Waals surface area (Å²) in [4.78, 5) is 37.2. The smallest absolute Gasteiger partial charge is 0.287 e. The third-order valence-electron chi connectivity index (χ3n) is 5.50. The van der Waals surface area contributed by atoms with Crippen molar-refractivity contribution >= 4 is 17.6 Å². The first-order chi connectivity index (χ1) is 16.8. The minimum atomic E-state index is -1.12. The highest BCUT2D eigenvalue weighted by Gasteiger charge is 2.27. The van der Waals surface area contributed by atoms with Gasteiger partial charge in [0.1, 0.15) is 17.6 Å². The second-order valence-electron chi connectivity index (χ2n) is 8.08. The van der Waals surface area contributed by atoms with Crippen molar-refractivity contribution in [3.8, 4) is 16.8 Å². The van der Waals surface area contributed by atoms with Crippen molar-refractivity contribution < 1.29 is 18.8 Å². The lowest BCUT2D eigenvalue weighted by Gasteiger charge is -2.17. The molecule has 0 bridgehead atoms. The number of hydrogen-bond donors (Lipinski definition) is 2. The van der Waals surface area contributed by atoms with Crippen LogP contribution in [-0.2, 0) is 16.0 Å². The quantitative estimate of drug-likeness (QED) is 0.385. The molecule has 0 fully saturated rings. The summed E-state index contributed by atoms with van der Waals surface area (Å²) in [7, 11) is 0. The zero-order valence-electron chi connectivity index (χ0n) is 18.9. The number of nitrogens with zero attached hydrogens (tertiary/aromatic N) is 2. The van der Waals surface area contributed by atoms with E-state index in [1.54, 1.807) is 61.5 Å². The number of rotatable bonds is 8. The van der Waals surface area contributed by atoms with Crippen LogP contribution < -0.4 is 11.1 Å². The summed E-state index contributed by atoms with van der Waals surface area (Å²) in [6, 6.07) is 22.9. The molecule has 8 heteroatoms. The number of carbonyl (C=O) groups excluding carboxylic acids is 3. The van der Waals surface area contributed by atoms with Gasteiger partial charge in [-0.1, -0.05) is 54.6 Å². The molecule has 0 radical (unpaired) electrons.